The van der Waals surface area contributed by atoms with Gasteiger partial charge in [-0.2, -0.15) is 10.2 Å². The Labute approximate surface area is 265 Å². The minimum atomic E-state index is -0.435. The van der Waals surface area contributed by atoms with Gasteiger partial charge in [-0.05, 0) is 42.5 Å². The third-order valence-electron chi connectivity index (χ3n) is 7.71. The number of nitrogens with one attached hydrogen (secondary N) is 1. The molecule has 0 unspecified atom stereocenters. The highest BCUT2D eigenvalue weighted by atomic mass is 35.5. The highest BCUT2D eigenvalue weighted by Gasteiger charge is 2.28. The molecule has 0 bridgehead atoms. The largest absolute Gasteiger partial charge is 0.492 e. The highest BCUT2D eigenvalue weighted by Crippen LogP contribution is 2.30. The molecule has 0 radical (unpaired) electrons. The first kappa shape index (κ1) is 32.0. The van der Waals surface area contributed by atoms with Crippen LogP contribution in [0.15, 0.2) is 60.9 Å². The topological polar surface area (TPSA) is 119 Å². The zero-order valence-corrected chi connectivity index (χ0v) is 25.8. The van der Waals surface area contributed by atoms with Crippen molar-refractivity contribution in [3.05, 3.63) is 71.8 Å². The number of aromatic nitrogens is 3. The van der Waals surface area contributed by atoms with E-state index in [0.717, 1.165) is 49.3 Å². The van der Waals surface area contributed by atoms with Crippen LogP contribution < -0.4 is 10.1 Å². The molecule has 4 aromatic rings. The molecule has 1 N–H and O–H groups in total. The average Bonchev–Trinajstić information content (AvgIpc) is 3.06. The minimum Gasteiger partial charge on any atom is -0.492 e. The second-order valence-corrected chi connectivity index (χ2v) is 11.0. The van der Waals surface area contributed by atoms with E-state index in [1.165, 1.54) is 32.4 Å². The van der Waals surface area contributed by atoms with Gasteiger partial charge in [-0.25, -0.2) is 4.39 Å². The summed E-state index contributed by atoms with van der Waals surface area (Å²) in [5, 5.41) is 12.7. The molecule has 11 nitrogen and oxygen atoms in total. The summed E-state index contributed by atoms with van der Waals surface area (Å²) < 4.78 is 30.1. The molecule has 1 aliphatic rings. The fourth-order valence-electron chi connectivity index (χ4n) is 5.27. The van der Waals surface area contributed by atoms with Crippen LogP contribution in [-0.4, -0.2) is 96.5 Å². The van der Waals surface area contributed by atoms with Gasteiger partial charge in [-0.1, -0.05) is 11.6 Å². The van der Waals surface area contributed by atoms with E-state index in [-0.39, 0.29) is 36.4 Å². The number of fused-ring (bicyclic) bond motifs is 1. The SMILES string of the molecule is COC(=O)CC(CC(=O)OC)N1CCN(CCOc2ccc3c(Nc4cnnc(-c5cc(Cl)ccc5F)c4)ccnc3c2)CC1. The summed E-state index contributed by atoms with van der Waals surface area (Å²) in [5.74, 6) is -0.427. The molecular formula is C32H34ClFN6O5. The maximum atomic E-state index is 14.4. The Balaban J connectivity index is 1.16. The Morgan fingerprint density at radius 2 is 1.76 bits per heavy atom. The number of esters is 2. The summed E-state index contributed by atoms with van der Waals surface area (Å²) in [5.41, 5.74) is 2.80. The quantitative estimate of drug-likeness (QED) is 0.218. The van der Waals surface area contributed by atoms with Gasteiger partial charge in [0.1, 0.15) is 18.2 Å². The van der Waals surface area contributed by atoms with Crippen molar-refractivity contribution >= 4 is 45.8 Å². The van der Waals surface area contributed by atoms with Gasteiger partial charge in [0.05, 0.1) is 50.2 Å². The van der Waals surface area contributed by atoms with Gasteiger partial charge in [0.15, 0.2) is 0 Å². The monoisotopic (exact) mass is 636 g/mol. The van der Waals surface area contributed by atoms with Crippen molar-refractivity contribution in [2.24, 2.45) is 0 Å². The van der Waals surface area contributed by atoms with Crippen LogP contribution in [0.3, 0.4) is 0 Å². The highest BCUT2D eigenvalue weighted by molar-refractivity contribution is 6.30. The molecule has 5 rings (SSSR count). The van der Waals surface area contributed by atoms with Crippen molar-refractivity contribution in [1.29, 1.82) is 0 Å². The van der Waals surface area contributed by atoms with E-state index in [1.54, 1.807) is 18.5 Å². The van der Waals surface area contributed by atoms with E-state index in [1.807, 2.05) is 24.3 Å². The van der Waals surface area contributed by atoms with Crippen LogP contribution in [0.1, 0.15) is 12.8 Å². The summed E-state index contributed by atoms with van der Waals surface area (Å²) in [6, 6.07) is 13.3. The van der Waals surface area contributed by atoms with Gasteiger partial charge in [-0.3, -0.25) is 24.4 Å². The number of hydrogen-bond donors (Lipinski definition) is 1. The molecule has 2 aromatic heterocycles. The summed E-state index contributed by atoms with van der Waals surface area (Å²) in [6.45, 7) is 4.22. The lowest BCUT2D eigenvalue weighted by Gasteiger charge is -2.38. The van der Waals surface area contributed by atoms with Crippen LogP contribution >= 0.6 is 11.6 Å². The van der Waals surface area contributed by atoms with Crippen LogP contribution in [0.4, 0.5) is 15.8 Å². The molecule has 45 heavy (non-hydrogen) atoms. The van der Waals surface area contributed by atoms with Crippen LogP contribution in [0.25, 0.3) is 22.2 Å². The molecule has 1 saturated heterocycles. The van der Waals surface area contributed by atoms with E-state index < -0.39 is 5.82 Å². The first-order valence-corrected chi connectivity index (χ1v) is 14.9. The molecule has 1 aliphatic heterocycles. The fraction of sp³-hybridized carbons (Fsp3) is 0.344. The predicted molar refractivity (Wildman–Crippen MR) is 168 cm³/mol. The Morgan fingerprint density at radius 1 is 1.00 bits per heavy atom. The number of carbonyl (C=O) groups is 2. The van der Waals surface area contributed by atoms with Gasteiger partial charge in [-0.15, -0.1) is 0 Å². The number of methoxy groups -OCH3 is 2. The molecular weight excluding hydrogens is 603 g/mol. The summed E-state index contributed by atoms with van der Waals surface area (Å²) >= 11 is 6.06. The second-order valence-electron chi connectivity index (χ2n) is 10.6. The first-order valence-electron chi connectivity index (χ1n) is 14.5. The number of carbonyl (C=O) groups excluding carboxylic acids is 2. The van der Waals surface area contributed by atoms with E-state index in [4.69, 9.17) is 25.8 Å². The van der Waals surface area contributed by atoms with E-state index in [2.05, 4.69) is 30.3 Å². The predicted octanol–water partition coefficient (Wildman–Crippen LogP) is 4.72. The van der Waals surface area contributed by atoms with E-state index in [9.17, 15) is 14.0 Å². The molecule has 0 saturated carbocycles. The molecule has 236 valence electrons. The lowest BCUT2D eigenvalue weighted by Crippen LogP contribution is -2.52. The third kappa shape index (κ3) is 8.41. The normalized spacial score (nSPS) is 14.0. The Morgan fingerprint density at radius 3 is 2.49 bits per heavy atom. The maximum Gasteiger partial charge on any atom is 0.307 e. The molecule has 3 heterocycles. The molecule has 13 heteroatoms. The number of halogens is 2. The van der Waals surface area contributed by atoms with E-state index in [0.29, 0.717) is 28.8 Å². The van der Waals surface area contributed by atoms with E-state index >= 15 is 0 Å². The number of anilines is 2. The molecule has 2 aromatic carbocycles. The van der Waals surface area contributed by atoms with Crippen LogP contribution in [-0.2, 0) is 19.1 Å². The number of rotatable bonds is 12. The fourth-order valence-corrected chi connectivity index (χ4v) is 5.44. The van der Waals surface area contributed by atoms with Crippen LogP contribution in [0, 0.1) is 5.82 Å². The first-order chi connectivity index (χ1) is 21.8. The number of benzene rings is 2. The number of piperazine rings is 1. The van der Waals surface area contributed by atoms with Crippen molar-refractivity contribution in [2.45, 2.75) is 18.9 Å². The van der Waals surface area contributed by atoms with Gasteiger partial charge < -0.3 is 19.5 Å². The van der Waals surface area contributed by atoms with Crippen molar-refractivity contribution in [1.82, 2.24) is 25.0 Å². The molecule has 1 fully saturated rings. The van der Waals surface area contributed by atoms with Crippen LogP contribution in [0.2, 0.25) is 5.02 Å². The smallest absolute Gasteiger partial charge is 0.307 e. The van der Waals surface area contributed by atoms with Gasteiger partial charge in [0.2, 0.25) is 0 Å². The van der Waals surface area contributed by atoms with Gasteiger partial charge in [0.25, 0.3) is 0 Å². The van der Waals surface area contributed by atoms with Crippen molar-refractivity contribution < 1.29 is 28.2 Å². The summed E-state index contributed by atoms with van der Waals surface area (Å²) in [6.07, 6.45) is 3.55. The number of hydrogen-bond acceptors (Lipinski definition) is 11. The zero-order valence-electron chi connectivity index (χ0n) is 25.0. The lowest BCUT2D eigenvalue weighted by molar-refractivity contribution is -0.145. The summed E-state index contributed by atoms with van der Waals surface area (Å²) in [7, 11) is 2.69. The van der Waals surface area contributed by atoms with Crippen molar-refractivity contribution in [3.8, 4) is 17.0 Å². The molecule has 0 atom stereocenters. The average molecular weight is 637 g/mol. The zero-order chi connectivity index (χ0) is 31.8. The maximum absolute atomic E-state index is 14.4. The Hall–Kier alpha value is -4.39. The number of ether oxygens (including phenoxy) is 3. The summed E-state index contributed by atoms with van der Waals surface area (Å²) in [4.78, 5) is 32.7. The minimum absolute atomic E-state index is 0.144. The molecule has 0 amide bonds. The standard InChI is InChI=1S/C32H34ClFN6O5/c1-43-31(41)17-23(18-32(42)44-2)40-11-9-39(10-12-40)13-14-45-24-4-5-25-28(7-8-35-29(25)19-24)37-22-16-30(38-36-20-22)26-15-21(33)3-6-27(26)34/h3-8,15-16,19-20,23H,9-14,17-18H2,1-2H3,(H,35,37,38). The van der Waals surface area contributed by atoms with Crippen molar-refractivity contribution in [3.63, 3.8) is 0 Å². The van der Waals surface area contributed by atoms with Crippen molar-refractivity contribution in [2.75, 3.05) is 58.9 Å². The number of nitrogens with zero attached hydrogens (tertiary/aromatic N) is 5. The second kappa shape index (κ2) is 15.1. The van der Waals surface area contributed by atoms with Gasteiger partial charge >= 0.3 is 11.9 Å². The van der Waals surface area contributed by atoms with Crippen LogP contribution in [0.5, 0.6) is 5.75 Å². The molecule has 0 spiro atoms. The van der Waals surface area contributed by atoms with Gasteiger partial charge in [0, 0.05) is 72.7 Å². The Kier molecular flexibility index (Phi) is 10.7. The lowest BCUT2D eigenvalue weighted by atomic mass is 10.1. The molecule has 0 aliphatic carbocycles. The number of pyridine rings is 1. The Bertz CT molecular complexity index is 1630. The third-order valence-corrected chi connectivity index (χ3v) is 7.95.